The van der Waals surface area contributed by atoms with Crippen LogP contribution in [0.2, 0.25) is 0 Å². The molecular weight excluding hydrogens is 352 g/mol. The van der Waals surface area contributed by atoms with Gasteiger partial charge in [-0.2, -0.15) is 0 Å². The molecule has 1 heterocycles. The van der Waals surface area contributed by atoms with Crippen molar-refractivity contribution in [3.8, 4) is 0 Å². The van der Waals surface area contributed by atoms with Gasteiger partial charge in [-0.1, -0.05) is 0 Å². The van der Waals surface area contributed by atoms with Gasteiger partial charge in [-0.15, -0.1) is 0 Å². The molecule has 24 heavy (non-hydrogen) atoms. The van der Waals surface area contributed by atoms with Gasteiger partial charge in [0.1, 0.15) is 5.90 Å². The smallest absolute Gasteiger partial charge is 0.223 e. The molecule has 0 aromatic heterocycles. The lowest BCUT2D eigenvalue weighted by Crippen LogP contribution is -2.37. The van der Waals surface area contributed by atoms with Gasteiger partial charge >= 0.3 is 0 Å². The minimum Gasteiger partial charge on any atom is -0.343 e. The first-order valence-electron chi connectivity index (χ1n) is 8.51. The van der Waals surface area contributed by atoms with Crippen LogP contribution in [0.5, 0.6) is 0 Å². The van der Waals surface area contributed by atoms with E-state index in [2.05, 4.69) is 16.0 Å². The standard InChI is InChI=1S/C13H33N5O4P2/c14-11-23(19,20)13-24(21,22)12-18-9-2-5-16-7-6-15-3-1-4-17-8-10-18/h15-17H,1-14H2,(H,19,20)(H,21,22). The van der Waals surface area contributed by atoms with Gasteiger partial charge in [-0.25, -0.2) is 0 Å². The Morgan fingerprint density at radius 1 is 0.833 bits per heavy atom. The Hall–Kier alpha value is 0.180. The number of hydrogen-bond acceptors (Lipinski definition) is 7. The van der Waals surface area contributed by atoms with Gasteiger partial charge in [0.05, 0.1) is 12.6 Å². The Balaban J connectivity index is 2.53. The molecule has 1 aliphatic rings. The van der Waals surface area contributed by atoms with Crippen molar-refractivity contribution >= 4 is 14.7 Å². The van der Waals surface area contributed by atoms with Crippen LogP contribution in [-0.4, -0.2) is 85.5 Å². The number of rotatable bonds is 5. The molecule has 0 bridgehead atoms. The first-order chi connectivity index (χ1) is 11.3. The summed E-state index contributed by atoms with van der Waals surface area (Å²) in [6.07, 6.45) is 1.36. The van der Waals surface area contributed by atoms with Crippen LogP contribution < -0.4 is 21.7 Å². The van der Waals surface area contributed by atoms with E-state index in [4.69, 9.17) is 5.73 Å². The fourth-order valence-corrected chi connectivity index (χ4v) is 7.06. The van der Waals surface area contributed by atoms with Gasteiger partial charge < -0.3 is 31.5 Å². The molecule has 0 radical (unpaired) electrons. The molecule has 1 fully saturated rings. The van der Waals surface area contributed by atoms with E-state index in [1.165, 1.54) is 0 Å². The van der Waals surface area contributed by atoms with Crippen LogP contribution in [0, 0.1) is 0 Å². The van der Waals surface area contributed by atoms with Crippen LogP contribution in [-0.2, 0) is 9.13 Å². The van der Waals surface area contributed by atoms with E-state index in [9.17, 15) is 18.9 Å². The number of nitrogens with one attached hydrogen (secondary N) is 3. The zero-order valence-corrected chi connectivity index (χ0v) is 16.1. The summed E-state index contributed by atoms with van der Waals surface area (Å²) in [5, 5.41) is 10.0. The van der Waals surface area contributed by atoms with E-state index in [0.717, 1.165) is 52.1 Å². The molecule has 0 amide bonds. The molecule has 2 unspecified atom stereocenters. The zero-order valence-electron chi connectivity index (χ0n) is 14.3. The average molecular weight is 385 g/mol. The van der Waals surface area contributed by atoms with Crippen molar-refractivity contribution in [3.05, 3.63) is 0 Å². The molecule has 2 atom stereocenters. The monoisotopic (exact) mass is 385 g/mol. The second-order valence-electron chi connectivity index (χ2n) is 6.23. The molecule has 0 aromatic rings. The maximum absolute atomic E-state index is 12.3. The topological polar surface area (TPSA) is 140 Å². The largest absolute Gasteiger partial charge is 0.343 e. The fraction of sp³-hybridized carbons (Fsp3) is 1.00. The second-order valence-corrected chi connectivity index (χ2v) is 11.4. The van der Waals surface area contributed by atoms with E-state index in [1.54, 1.807) is 0 Å². The van der Waals surface area contributed by atoms with Gasteiger partial charge in [-0.05, 0) is 39.0 Å². The Morgan fingerprint density at radius 2 is 1.42 bits per heavy atom. The van der Waals surface area contributed by atoms with Crippen LogP contribution in [0.3, 0.4) is 0 Å². The third kappa shape index (κ3) is 10.9. The normalized spacial score (nSPS) is 25.3. The third-order valence-electron chi connectivity index (χ3n) is 3.77. The molecule has 7 N–H and O–H groups in total. The summed E-state index contributed by atoms with van der Waals surface area (Å²) in [7, 11) is -7.44. The lowest BCUT2D eigenvalue weighted by Gasteiger charge is -2.26. The summed E-state index contributed by atoms with van der Waals surface area (Å²) in [6.45, 7) is 6.56. The Bertz CT molecular complexity index is 427. The number of nitrogens with two attached hydrogens (primary N) is 1. The van der Waals surface area contributed by atoms with Gasteiger partial charge in [0.25, 0.3) is 0 Å². The minimum absolute atomic E-state index is 0.0687. The molecule has 0 aliphatic carbocycles. The number of hydrogen-bond donors (Lipinski definition) is 6. The highest BCUT2D eigenvalue weighted by atomic mass is 31.2. The molecule has 1 rings (SSSR count). The van der Waals surface area contributed by atoms with Crippen molar-refractivity contribution in [3.63, 3.8) is 0 Å². The summed E-state index contributed by atoms with van der Waals surface area (Å²) in [6, 6.07) is 0. The predicted octanol–water partition coefficient (Wildman–Crippen LogP) is -0.777. The van der Waals surface area contributed by atoms with Gasteiger partial charge in [0.15, 0.2) is 0 Å². The van der Waals surface area contributed by atoms with Crippen LogP contribution in [0.15, 0.2) is 0 Å². The van der Waals surface area contributed by atoms with Crippen LogP contribution in [0.25, 0.3) is 0 Å². The maximum Gasteiger partial charge on any atom is 0.223 e. The number of nitrogens with zero attached hydrogens (tertiary/aromatic N) is 1. The molecule has 9 nitrogen and oxygen atoms in total. The van der Waals surface area contributed by atoms with Crippen molar-refractivity contribution < 1.29 is 18.9 Å². The lowest BCUT2D eigenvalue weighted by atomic mass is 10.3. The molecule has 0 saturated carbocycles. The van der Waals surface area contributed by atoms with Crippen molar-refractivity contribution in [1.29, 1.82) is 0 Å². The molecule has 11 heteroatoms. The Labute approximate surface area is 144 Å². The van der Waals surface area contributed by atoms with Gasteiger partial charge in [0, 0.05) is 26.2 Å². The summed E-state index contributed by atoms with van der Waals surface area (Å²) in [5.41, 5.74) is 5.21. The molecule has 1 aliphatic heterocycles. The van der Waals surface area contributed by atoms with Crippen LogP contribution in [0.4, 0.5) is 0 Å². The minimum atomic E-state index is -3.72. The molecule has 0 spiro atoms. The van der Waals surface area contributed by atoms with Crippen molar-refractivity contribution in [2.24, 2.45) is 5.73 Å². The SMILES string of the molecule is NCP(=O)(O)CP(=O)(O)CN1CCCNCCNCCCNCC1. The first kappa shape index (κ1) is 22.2. The van der Waals surface area contributed by atoms with Gasteiger partial charge in [-0.3, -0.25) is 14.0 Å². The predicted molar refractivity (Wildman–Crippen MR) is 97.9 cm³/mol. The van der Waals surface area contributed by atoms with Crippen molar-refractivity contribution in [1.82, 2.24) is 20.9 Å². The highest BCUT2D eigenvalue weighted by Gasteiger charge is 2.31. The van der Waals surface area contributed by atoms with E-state index >= 15 is 0 Å². The lowest BCUT2D eigenvalue weighted by molar-refractivity contribution is 0.294. The maximum atomic E-state index is 12.3. The molecule has 1 saturated heterocycles. The fourth-order valence-electron chi connectivity index (χ4n) is 2.57. The van der Waals surface area contributed by atoms with Crippen LogP contribution >= 0.6 is 14.7 Å². The van der Waals surface area contributed by atoms with E-state index in [1.807, 2.05) is 4.90 Å². The van der Waals surface area contributed by atoms with E-state index in [0.29, 0.717) is 13.1 Å². The summed E-state index contributed by atoms with van der Waals surface area (Å²) in [4.78, 5) is 21.5. The second kappa shape index (κ2) is 11.7. The quantitative estimate of drug-likeness (QED) is 0.336. The molecule has 0 aromatic carbocycles. The Kier molecular flexibility index (Phi) is 10.9. The highest BCUT2D eigenvalue weighted by molar-refractivity contribution is 7.75. The van der Waals surface area contributed by atoms with Crippen molar-refractivity contribution in [2.75, 3.05) is 70.8 Å². The molecular formula is C13H33N5O4P2. The van der Waals surface area contributed by atoms with E-state index < -0.39 is 26.9 Å². The summed E-state index contributed by atoms with van der Waals surface area (Å²) >= 11 is 0. The molecule has 144 valence electrons. The Morgan fingerprint density at radius 3 is 2.04 bits per heavy atom. The van der Waals surface area contributed by atoms with E-state index in [-0.39, 0.29) is 6.29 Å². The highest BCUT2D eigenvalue weighted by Crippen LogP contribution is 2.56. The first-order valence-corrected chi connectivity index (χ1v) is 12.6. The van der Waals surface area contributed by atoms with Crippen LogP contribution in [0.1, 0.15) is 12.8 Å². The van der Waals surface area contributed by atoms with Gasteiger partial charge in [0.2, 0.25) is 14.7 Å². The average Bonchev–Trinajstić information content (AvgIpc) is 2.49. The zero-order chi connectivity index (χ0) is 17.9. The summed E-state index contributed by atoms with van der Waals surface area (Å²) < 4.78 is 24.0. The third-order valence-corrected chi connectivity index (χ3v) is 8.71. The summed E-state index contributed by atoms with van der Waals surface area (Å²) in [5.74, 6) is -0.607. The van der Waals surface area contributed by atoms with Crippen molar-refractivity contribution in [2.45, 2.75) is 12.8 Å².